The summed E-state index contributed by atoms with van der Waals surface area (Å²) in [4.78, 5) is 44.7. The summed E-state index contributed by atoms with van der Waals surface area (Å²) in [7, 11) is -3.17. The summed E-state index contributed by atoms with van der Waals surface area (Å²) in [6, 6.07) is 0. The molecule has 0 aromatic carbocycles. The first-order valence-corrected chi connectivity index (χ1v) is 18.1. The number of anilines is 1. The van der Waals surface area contributed by atoms with E-state index in [1.807, 2.05) is 0 Å². The molecule has 5 N–H and O–H groups in total. The van der Waals surface area contributed by atoms with E-state index in [0.717, 1.165) is 28.1 Å². The minimum absolute atomic E-state index is 0.0213. The molecule has 45 heavy (non-hydrogen) atoms. The third kappa shape index (κ3) is 4.88. The molecular formula is C20H21F2N9O10P2S2. The summed E-state index contributed by atoms with van der Waals surface area (Å²) in [5.41, 5.74) is 1.78. The molecule has 3 aliphatic rings. The summed E-state index contributed by atoms with van der Waals surface area (Å²) < 4.78 is 87.1. The molecule has 0 bridgehead atoms. The van der Waals surface area contributed by atoms with Crippen molar-refractivity contribution in [2.24, 2.45) is 0 Å². The predicted octanol–water partition coefficient (Wildman–Crippen LogP) is 0.195. The van der Waals surface area contributed by atoms with Crippen LogP contribution in [0.1, 0.15) is 12.5 Å². The molecule has 7 rings (SSSR count). The number of alkyl halides is 2. The second-order valence-corrected chi connectivity index (χ2v) is 14.8. The van der Waals surface area contributed by atoms with Crippen molar-refractivity contribution in [1.29, 1.82) is 0 Å². The van der Waals surface area contributed by atoms with Gasteiger partial charge in [0.15, 0.2) is 52.7 Å². The Balaban J connectivity index is 1.15. The molecular weight excluding hydrogens is 690 g/mol. The quantitative estimate of drug-likeness (QED) is 0.100. The predicted molar refractivity (Wildman–Crippen MR) is 154 cm³/mol. The molecule has 19 nitrogen and oxygen atoms in total. The average molecular weight is 712 g/mol. The van der Waals surface area contributed by atoms with Crippen LogP contribution in [0.2, 0.25) is 0 Å². The Hall–Kier alpha value is -2.72. The van der Waals surface area contributed by atoms with Gasteiger partial charge in [0.05, 0.1) is 25.6 Å². The number of H-pyrrole nitrogens is 2. The van der Waals surface area contributed by atoms with Crippen molar-refractivity contribution < 1.29 is 46.1 Å². The van der Waals surface area contributed by atoms with Gasteiger partial charge >= 0.3 is 6.80 Å². The largest absolute Gasteiger partial charge is 0.394 e. The van der Waals surface area contributed by atoms with Gasteiger partial charge in [-0.25, -0.2) is 28.3 Å². The summed E-state index contributed by atoms with van der Waals surface area (Å²) in [5.74, 6) is -0.289. The number of nitrogens with zero attached hydrogens (tertiary/aromatic N) is 6. The number of aromatic nitrogens is 8. The zero-order valence-electron chi connectivity index (χ0n) is 22.0. The van der Waals surface area contributed by atoms with E-state index in [9.17, 15) is 23.8 Å². The van der Waals surface area contributed by atoms with Crippen molar-refractivity contribution in [1.82, 2.24) is 39.0 Å². The molecule has 3 unspecified atom stereocenters. The van der Waals surface area contributed by atoms with Crippen LogP contribution in [-0.2, 0) is 32.2 Å². The molecule has 1 aliphatic carbocycles. The highest BCUT2D eigenvalue weighted by molar-refractivity contribution is 8.44. The minimum Gasteiger partial charge on any atom is -0.394 e. The van der Waals surface area contributed by atoms with Crippen LogP contribution in [0.25, 0.3) is 22.3 Å². The van der Waals surface area contributed by atoms with Crippen LogP contribution in [0.5, 0.6) is 0 Å². The zero-order chi connectivity index (χ0) is 32.0. The number of aliphatic hydroxyl groups excluding tert-OH is 1. The number of nitrogen functional groups attached to an aromatic ring is 1. The molecule has 2 aliphatic heterocycles. The third-order valence-electron chi connectivity index (χ3n) is 7.60. The van der Waals surface area contributed by atoms with Crippen molar-refractivity contribution in [2.45, 2.75) is 54.8 Å². The fraction of sp³-hybridized carbons (Fsp3) is 0.500. The lowest BCUT2D eigenvalue weighted by Gasteiger charge is -2.27. The molecule has 1 saturated carbocycles. The van der Waals surface area contributed by atoms with Gasteiger partial charge in [-0.2, -0.15) is 4.98 Å². The van der Waals surface area contributed by atoms with Gasteiger partial charge < -0.3 is 29.8 Å². The van der Waals surface area contributed by atoms with E-state index >= 15 is 8.78 Å². The lowest BCUT2D eigenvalue weighted by Crippen LogP contribution is -2.35. The fourth-order valence-electron chi connectivity index (χ4n) is 5.60. The van der Waals surface area contributed by atoms with Crippen molar-refractivity contribution in [3.8, 4) is 0 Å². The van der Waals surface area contributed by atoms with Gasteiger partial charge in [0, 0.05) is 0 Å². The standard InChI is InChI=1S/C20H21F2N9O10P2S2/c21-6-5(1-32)37-17(31-4-27-8-14(31)28-19(23)29-16(8)34)9(6)39-43(36,45)40-12-11-20(12,41-42(35)44)10(22)18(38-11)30-3-26-7-13(30)24-2-25-15(7)33/h2-6,9-12,17-18,32,42H,1H2,(H,35,44)(H,36,45)(H,24,25,33)(H3,23,28,29,34)/t5-,6-,9-,10+,11-,12?,17-,18-,20+,43?/m1/s1. The van der Waals surface area contributed by atoms with E-state index in [0.29, 0.717) is 0 Å². The first-order chi connectivity index (χ1) is 21.4. The molecule has 25 heteroatoms. The lowest BCUT2D eigenvalue weighted by molar-refractivity contribution is -0.0585. The number of hydrogen-bond acceptors (Lipinski definition) is 15. The van der Waals surface area contributed by atoms with Crippen LogP contribution in [0.15, 0.2) is 28.6 Å². The zero-order valence-corrected chi connectivity index (χ0v) is 25.7. The molecule has 0 radical (unpaired) electrons. The molecule has 242 valence electrons. The first kappa shape index (κ1) is 30.9. The van der Waals surface area contributed by atoms with Crippen molar-refractivity contribution in [3.05, 3.63) is 39.7 Å². The Bertz CT molecular complexity index is 2010. The number of rotatable bonds is 9. The number of nitrogens with one attached hydrogen (secondary N) is 2. The van der Waals surface area contributed by atoms with Crippen LogP contribution in [0.4, 0.5) is 14.7 Å². The SMILES string of the molecule is Nc1nc2c(ncn2[C@@H]2O[C@H](CO)[C@@H](F)[C@H]2OP(=O)(S)OC2[C@H]3O[C@@H](n4cnc5c(=O)[nH]cnc54)[C@H](F)[C@@]23O[PH](=O)S)c(=O)[nH]1. The number of hydrogen-bond donors (Lipinski definition) is 6. The van der Waals surface area contributed by atoms with E-state index in [2.05, 4.69) is 54.4 Å². The number of fused-ring (bicyclic) bond motifs is 3. The number of ether oxygens (including phenoxy) is 2. The summed E-state index contributed by atoms with van der Waals surface area (Å²) in [5, 5.41) is 9.67. The molecule has 2 saturated heterocycles. The molecule has 3 fully saturated rings. The van der Waals surface area contributed by atoms with E-state index < -0.39 is 86.6 Å². The molecule has 4 aromatic rings. The highest BCUT2D eigenvalue weighted by Gasteiger charge is 2.82. The minimum atomic E-state index is -4.69. The number of thiol groups is 2. The number of nitrogens with two attached hydrogens (primary N) is 1. The van der Waals surface area contributed by atoms with Gasteiger partial charge in [-0.3, -0.25) is 37.3 Å². The fourth-order valence-corrected chi connectivity index (χ4v) is 8.50. The average Bonchev–Trinajstić information content (AvgIpc) is 3.47. The monoisotopic (exact) mass is 711 g/mol. The Morgan fingerprint density at radius 3 is 2.49 bits per heavy atom. The maximum absolute atomic E-state index is 16.1. The molecule has 4 aromatic heterocycles. The second-order valence-electron chi connectivity index (χ2n) is 10.2. The Kier molecular flexibility index (Phi) is 7.51. The van der Waals surface area contributed by atoms with Gasteiger partial charge in [-0.15, -0.1) is 0 Å². The van der Waals surface area contributed by atoms with Crippen molar-refractivity contribution in [3.63, 3.8) is 0 Å². The Morgan fingerprint density at radius 1 is 1.11 bits per heavy atom. The van der Waals surface area contributed by atoms with E-state index in [-0.39, 0.29) is 28.3 Å². The smallest absolute Gasteiger partial charge is 0.387 e. The Morgan fingerprint density at radius 2 is 1.80 bits per heavy atom. The van der Waals surface area contributed by atoms with Crippen molar-refractivity contribution in [2.75, 3.05) is 12.3 Å². The van der Waals surface area contributed by atoms with Crippen molar-refractivity contribution >= 4 is 66.8 Å². The van der Waals surface area contributed by atoms with Crippen LogP contribution in [0, 0.1) is 0 Å². The number of halogens is 2. The number of aliphatic hydroxyl groups is 1. The number of imidazole rings is 2. The normalized spacial score (nSPS) is 34.7. The summed E-state index contributed by atoms with van der Waals surface area (Å²) in [6.45, 7) is -5.51. The van der Waals surface area contributed by atoms with Crippen LogP contribution >= 0.6 is 38.5 Å². The first-order valence-electron chi connectivity index (χ1n) is 12.8. The second kappa shape index (κ2) is 10.9. The number of aromatic amines is 2. The van der Waals surface area contributed by atoms with Gasteiger partial charge in [-0.1, -0.05) is 24.5 Å². The van der Waals surface area contributed by atoms with Crippen LogP contribution < -0.4 is 16.9 Å². The Labute approximate surface area is 258 Å². The van der Waals surface area contributed by atoms with Crippen LogP contribution in [0.3, 0.4) is 0 Å². The maximum atomic E-state index is 16.1. The van der Waals surface area contributed by atoms with E-state index in [1.54, 1.807) is 0 Å². The van der Waals surface area contributed by atoms with E-state index in [4.69, 9.17) is 28.8 Å². The van der Waals surface area contributed by atoms with Crippen LogP contribution in [-0.4, -0.2) is 93.1 Å². The lowest BCUT2D eigenvalue weighted by atomic mass is 10.1. The summed E-state index contributed by atoms with van der Waals surface area (Å²) >= 11 is 7.71. The third-order valence-corrected chi connectivity index (χ3v) is 9.97. The highest BCUT2D eigenvalue weighted by Crippen LogP contribution is 2.69. The highest BCUT2D eigenvalue weighted by atomic mass is 32.7. The molecule has 11 atom stereocenters. The van der Waals surface area contributed by atoms with E-state index in [1.165, 1.54) is 0 Å². The van der Waals surface area contributed by atoms with Gasteiger partial charge in [0.25, 0.3) is 11.1 Å². The van der Waals surface area contributed by atoms with Gasteiger partial charge in [0.1, 0.15) is 24.4 Å². The molecule has 6 heterocycles. The van der Waals surface area contributed by atoms with Gasteiger partial charge in [0.2, 0.25) is 13.2 Å². The maximum Gasteiger partial charge on any atom is 0.387 e. The molecule has 0 spiro atoms. The molecule has 0 amide bonds. The topological polar surface area (TPSA) is 254 Å². The summed E-state index contributed by atoms with van der Waals surface area (Å²) in [6.07, 6.45) is -10.2. The van der Waals surface area contributed by atoms with Gasteiger partial charge in [-0.05, 0) is 0 Å².